The van der Waals surface area contributed by atoms with Crippen molar-refractivity contribution in [1.82, 2.24) is 0 Å². The highest BCUT2D eigenvalue weighted by molar-refractivity contribution is 6.30. The van der Waals surface area contributed by atoms with Gasteiger partial charge >= 0.3 is 0 Å². The number of aryl methyl sites for hydroxylation is 1. The number of amides is 1. The Hall–Kier alpha value is -2.78. The summed E-state index contributed by atoms with van der Waals surface area (Å²) in [4.78, 5) is 14.3. The molecule has 3 aromatic carbocycles. The largest absolute Gasteiger partial charge is 0.378 e. The fourth-order valence-corrected chi connectivity index (χ4v) is 4.42. The van der Waals surface area contributed by atoms with Gasteiger partial charge in [-0.1, -0.05) is 41.9 Å². The van der Waals surface area contributed by atoms with Crippen molar-refractivity contribution in [2.24, 2.45) is 0 Å². The van der Waals surface area contributed by atoms with Crippen LogP contribution in [0.3, 0.4) is 0 Å². The molecule has 0 spiro atoms. The van der Waals surface area contributed by atoms with Crippen LogP contribution in [0.15, 0.2) is 66.7 Å². The van der Waals surface area contributed by atoms with E-state index in [1.54, 1.807) is 6.92 Å². The van der Waals surface area contributed by atoms with Crippen LogP contribution in [-0.4, -0.2) is 11.9 Å². The number of carbonyl (C=O) groups excluding carboxylic acids is 1. The van der Waals surface area contributed by atoms with Crippen LogP contribution >= 0.6 is 11.6 Å². The fourth-order valence-electron chi connectivity index (χ4n) is 4.29. The van der Waals surface area contributed by atoms with E-state index >= 15 is 0 Å². The van der Waals surface area contributed by atoms with Crippen molar-refractivity contribution < 1.29 is 4.79 Å². The van der Waals surface area contributed by atoms with Gasteiger partial charge in [0.05, 0.1) is 6.04 Å². The van der Waals surface area contributed by atoms with Crippen molar-refractivity contribution in [3.05, 3.63) is 82.9 Å². The Bertz CT molecular complexity index is 1040. The highest BCUT2D eigenvalue weighted by atomic mass is 35.5. The maximum Gasteiger partial charge on any atom is 0.224 e. The lowest BCUT2D eigenvalue weighted by molar-refractivity contribution is -0.117. The predicted octanol–water partition coefficient (Wildman–Crippen LogP) is 6.61. The number of halogens is 1. The maximum absolute atomic E-state index is 12.4. The molecular formula is C25H25ClN2O. The Morgan fingerprint density at radius 3 is 2.48 bits per heavy atom. The lowest BCUT2D eigenvalue weighted by Gasteiger charge is -2.40. The van der Waals surface area contributed by atoms with E-state index in [1.165, 1.54) is 16.7 Å². The molecule has 4 heteroatoms. The Balaban J connectivity index is 1.79. The van der Waals surface area contributed by atoms with E-state index in [1.807, 2.05) is 29.2 Å². The van der Waals surface area contributed by atoms with E-state index in [2.05, 4.69) is 61.6 Å². The number of nitrogens with zero attached hydrogens (tertiary/aromatic N) is 1. The Morgan fingerprint density at radius 1 is 1.07 bits per heavy atom. The van der Waals surface area contributed by atoms with E-state index in [-0.39, 0.29) is 18.0 Å². The van der Waals surface area contributed by atoms with E-state index in [0.29, 0.717) is 0 Å². The van der Waals surface area contributed by atoms with Crippen LogP contribution in [0.4, 0.5) is 11.4 Å². The van der Waals surface area contributed by atoms with Crippen molar-refractivity contribution in [2.75, 3.05) is 10.2 Å². The second kappa shape index (κ2) is 7.92. The number of hydrogen-bond acceptors (Lipinski definition) is 2. The summed E-state index contributed by atoms with van der Waals surface area (Å²) in [5, 5.41) is 4.37. The zero-order chi connectivity index (χ0) is 20.5. The number of rotatable bonds is 3. The van der Waals surface area contributed by atoms with Gasteiger partial charge in [-0.2, -0.15) is 0 Å². The Morgan fingerprint density at radius 2 is 1.79 bits per heavy atom. The van der Waals surface area contributed by atoms with Gasteiger partial charge < -0.3 is 10.2 Å². The first-order valence-corrected chi connectivity index (χ1v) is 10.3. The summed E-state index contributed by atoms with van der Waals surface area (Å²) in [5.41, 5.74) is 6.78. The molecule has 0 saturated carbocycles. The number of anilines is 2. The number of carbonyl (C=O) groups is 1. The molecule has 1 N–H and O–H groups in total. The van der Waals surface area contributed by atoms with E-state index in [0.717, 1.165) is 28.4 Å². The second-order valence-corrected chi connectivity index (χ2v) is 8.20. The van der Waals surface area contributed by atoms with Crippen LogP contribution < -0.4 is 10.2 Å². The van der Waals surface area contributed by atoms with Gasteiger partial charge in [0.25, 0.3) is 0 Å². The van der Waals surface area contributed by atoms with Crippen LogP contribution in [0.1, 0.15) is 37.4 Å². The minimum atomic E-state index is 0.0762. The Kier molecular flexibility index (Phi) is 5.33. The quantitative estimate of drug-likeness (QED) is 0.532. The molecule has 0 unspecified atom stereocenters. The number of hydrogen-bond donors (Lipinski definition) is 1. The average molecular weight is 405 g/mol. The molecular weight excluding hydrogens is 380 g/mol. The molecule has 4 rings (SSSR count). The van der Waals surface area contributed by atoms with Crippen molar-refractivity contribution in [1.29, 1.82) is 0 Å². The molecule has 0 saturated heterocycles. The van der Waals surface area contributed by atoms with Gasteiger partial charge in [0.2, 0.25) is 5.91 Å². The Labute approximate surface area is 177 Å². The summed E-state index contributed by atoms with van der Waals surface area (Å²) in [5.74, 6) is 0.0762. The first-order valence-electron chi connectivity index (χ1n) is 9.96. The van der Waals surface area contributed by atoms with Crippen LogP contribution in [0.25, 0.3) is 11.1 Å². The second-order valence-electron chi connectivity index (χ2n) is 7.77. The summed E-state index contributed by atoms with van der Waals surface area (Å²) in [7, 11) is 0. The molecule has 1 amide bonds. The van der Waals surface area contributed by atoms with Crippen LogP contribution in [0.2, 0.25) is 5.02 Å². The summed E-state index contributed by atoms with van der Waals surface area (Å²) in [6.07, 6.45) is 0.840. The summed E-state index contributed by atoms with van der Waals surface area (Å²) >= 11 is 6.04. The third kappa shape index (κ3) is 3.88. The van der Waals surface area contributed by atoms with Gasteiger partial charge in [-0.05, 0) is 78.9 Å². The molecule has 29 heavy (non-hydrogen) atoms. The standard InChI is InChI=1S/C25H25ClN2O/c1-16-6-4-5-7-22(16)19-8-13-25-23(15-19)24(14-17(2)28(25)18(3)29)27-21-11-9-20(26)10-12-21/h4-13,15,17,24,27H,14H2,1-3H3/t17-,24+/m1/s1. The van der Waals surface area contributed by atoms with Gasteiger partial charge in [0, 0.05) is 29.4 Å². The first kappa shape index (κ1) is 19.5. The molecule has 0 bridgehead atoms. The van der Waals surface area contributed by atoms with Crippen LogP contribution in [0.5, 0.6) is 0 Å². The van der Waals surface area contributed by atoms with E-state index < -0.39 is 0 Å². The normalized spacial score (nSPS) is 18.3. The first-order chi connectivity index (χ1) is 13.9. The molecule has 1 aliphatic heterocycles. The zero-order valence-electron chi connectivity index (χ0n) is 16.9. The maximum atomic E-state index is 12.4. The van der Waals surface area contributed by atoms with Crippen molar-refractivity contribution in [2.45, 2.75) is 39.3 Å². The van der Waals surface area contributed by atoms with Gasteiger partial charge in [-0.3, -0.25) is 4.79 Å². The van der Waals surface area contributed by atoms with Crippen LogP contribution in [0, 0.1) is 6.92 Å². The minimum absolute atomic E-state index is 0.0762. The highest BCUT2D eigenvalue weighted by Crippen LogP contribution is 2.41. The minimum Gasteiger partial charge on any atom is -0.378 e. The SMILES string of the molecule is CC(=O)N1c2ccc(-c3ccccc3C)cc2[C@@H](Nc2ccc(Cl)cc2)C[C@H]1C. The molecule has 1 aliphatic rings. The molecule has 0 radical (unpaired) electrons. The molecule has 3 nitrogen and oxygen atoms in total. The van der Waals surface area contributed by atoms with Gasteiger partial charge in [-0.15, -0.1) is 0 Å². The van der Waals surface area contributed by atoms with Gasteiger partial charge in [0.15, 0.2) is 0 Å². The van der Waals surface area contributed by atoms with Crippen LogP contribution in [-0.2, 0) is 4.79 Å². The fraction of sp³-hybridized carbons (Fsp3) is 0.240. The predicted molar refractivity (Wildman–Crippen MR) is 122 cm³/mol. The molecule has 2 atom stereocenters. The number of fused-ring (bicyclic) bond motifs is 1. The van der Waals surface area contributed by atoms with E-state index in [9.17, 15) is 4.79 Å². The van der Waals surface area contributed by atoms with Crippen molar-refractivity contribution >= 4 is 28.9 Å². The lowest BCUT2D eigenvalue weighted by Crippen LogP contribution is -2.43. The third-order valence-electron chi connectivity index (χ3n) is 5.66. The zero-order valence-corrected chi connectivity index (χ0v) is 17.7. The topological polar surface area (TPSA) is 32.3 Å². The summed E-state index contributed by atoms with van der Waals surface area (Å²) in [6, 6.07) is 22.8. The van der Waals surface area contributed by atoms with E-state index in [4.69, 9.17) is 11.6 Å². The molecule has 0 aromatic heterocycles. The van der Waals surface area contributed by atoms with Gasteiger partial charge in [-0.25, -0.2) is 0 Å². The highest BCUT2D eigenvalue weighted by Gasteiger charge is 2.32. The van der Waals surface area contributed by atoms with Gasteiger partial charge in [0.1, 0.15) is 0 Å². The average Bonchev–Trinajstić information content (AvgIpc) is 2.69. The summed E-state index contributed by atoms with van der Waals surface area (Å²) in [6.45, 7) is 5.88. The molecule has 0 aliphatic carbocycles. The number of nitrogens with one attached hydrogen (secondary N) is 1. The monoisotopic (exact) mass is 404 g/mol. The summed E-state index contributed by atoms with van der Waals surface area (Å²) < 4.78 is 0. The number of benzene rings is 3. The molecule has 0 fully saturated rings. The van der Waals surface area contributed by atoms with Crippen molar-refractivity contribution in [3.63, 3.8) is 0 Å². The molecule has 3 aromatic rings. The van der Waals surface area contributed by atoms with Crippen molar-refractivity contribution in [3.8, 4) is 11.1 Å². The smallest absolute Gasteiger partial charge is 0.224 e. The third-order valence-corrected chi connectivity index (χ3v) is 5.91. The molecule has 148 valence electrons. The lowest BCUT2D eigenvalue weighted by atomic mass is 9.88. The molecule has 1 heterocycles.